The number of allylic oxidation sites excluding steroid dienone is 4. The Morgan fingerprint density at radius 1 is 0.756 bits per heavy atom. The third kappa shape index (κ3) is 4.20. The standard InChI is InChI=1S/C33H30B2N2O4/c1-21-20-29(28-9-5-15-37-33(28)31(21)35-40-18-19-41-35)26-11-10-24(22-6-2-3-7-23(22)26)25-12-13-30(34-38-16-17-39-34)32-27(25)8-4-14-36-32/h2-4,6-8,10-15,20-21,31H,5,9,16-19H2,1H3. The van der Waals surface area contributed by atoms with Crippen molar-refractivity contribution >= 4 is 53.2 Å². The van der Waals surface area contributed by atoms with E-state index in [2.05, 4.69) is 73.8 Å². The Kier molecular flexibility index (Phi) is 6.37. The minimum atomic E-state index is -0.370. The number of aromatic nitrogens is 1. The zero-order valence-corrected chi connectivity index (χ0v) is 23.1. The van der Waals surface area contributed by atoms with E-state index in [1.54, 1.807) is 0 Å². The van der Waals surface area contributed by atoms with Gasteiger partial charge in [0.25, 0.3) is 0 Å². The van der Waals surface area contributed by atoms with Crippen LogP contribution >= 0.6 is 0 Å². The van der Waals surface area contributed by atoms with Gasteiger partial charge in [0.15, 0.2) is 0 Å². The summed E-state index contributed by atoms with van der Waals surface area (Å²) in [6.07, 6.45) is 8.24. The van der Waals surface area contributed by atoms with Gasteiger partial charge in [0, 0.05) is 34.8 Å². The van der Waals surface area contributed by atoms with E-state index in [1.807, 2.05) is 12.3 Å². The van der Waals surface area contributed by atoms with Gasteiger partial charge >= 0.3 is 14.2 Å². The van der Waals surface area contributed by atoms with Crippen molar-refractivity contribution in [1.29, 1.82) is 0 Å². The van der Waals surface area contributed by atoms with Crippen molar-refractivity contribution in [3.63, 3.8) is 0 Å². The number of hydrogen-bond donors (Lipinski definition) is 0. The van der Waals surface area contributed by atoms with Crippen LogP contribution in [0.1, 0.15) is 25.3 Å². The SMILES string of the molecule is CC1C=C(c2ccc(-c3ccc(B4OCCO4)c4ncccc34)c3ccccc23)C2=C(N=CCC2)C1B1OCCO1. The third-order valence-corrected chi connectivity index (χ3v) is 8.82. The number of hydrogen-bond acceptors (Lipinski definition) is 6. The van der Waals surface area contributed by atoms with Crippen LogP contribution in [0, 0.1) is 5.92 Å². The average molecular weight is 540 g/mol. The summed E-state index contributed by atoms with van der Waals surface area (Å²) in [4.78, 5) is 9.72. The van der Waals surface area contributed by atoms with E-state index < -0.39 is 0 Å². The van der Waals surface area contributed by atoms with Crippen LogP contribution in [0.3, 0.4) is 0 Å². The first-order valence-corrected chi connectivity index (χ1v) is 14.6. The molecule has 1 aliphatic carbocycles. The maximum atomic E-state index is 5.98. The Bertz CT molecular complexity index is 1760. The average Bonchev–Trinajstić information content (AvgIpc) is 3.75. The van der Waals surface area contributed by atoms with Crippen LogP contribution in [0.2, 0.25) is 5.82 Å². The molecule has 2 fully saturated rings. The van der Waals surface area contributed by atoms with Crippen LogP contribution in [-0.4, -0.2) is 51.9 Å². The fourth-order valence-corrected chi connectivity index (χ4v) is 6.99. The van der Waals surface area contributed by atoms with Crippen molar-refractivity contribution < 1.29 is 18.6 Å². The highest BCUT2D eigenvalue weighted by molar-refractivity contribution is 6.64. The lowest BCUT2D eigenvalue weighted by atomic mass is 9.59. The molecular formula is C33H30B2N2O4. The summed E-state index contributed by atoms with van der Waals surface area (Å²) < 4.78 is 23.6. The third-order valence-electron chi connectivity index (χ3n) is 8.82. The second-order valence-electron chi connectivity index (χ2n) is 11.2. The summed E-state index contributed by atoms with van der Waals surface area (Å²) in [7, 11) is -0.600. The van der Waals surface area contributed by atoms with E-state index in [0.717, 1.165) is 40.5 Å². The van der Waals surface area contributed by atoms with Crippen LogP contribution < -0.4 is 5.46 Å². The second kappa shape index (κ2) is 10.4. The molecule has 0 saturated carbocycles. The number of fused-ring (bicyclic) bond motifs is 2. The molecule has 3 aromatic carbocycles. The molecule has 0 amide bonds. The fraction of sp³-hybridized carbons (Fsp3) is 0.273. The van der Waals surface area contributed by atoms with E-state index in [0.29, 0.717) is 26.4 Å². The molecular weight excluding hydrogens is 510 g/mol. The maximum Gasteiger partial charge on any atom is 0.496 e. The highest BCUT2D eigenvalue weighted by Crippen LogP contribution is 2.49. The molecule has 202 valence electrons. The van der Waals surface area contributed by atoms with Gasteiger partial charge < -0.3 is 18.6 Å². The number of benzene rings is 3. The molecule has 0 radical (unpaired) electrons. The summed E-state index contributed by atoms with van der Waals surface area (Å²) in [5.41, 5.74) is 9.23. The minimum Gasteiger partial charge on any atom is -0.408 e. The van der Waals surface area contributed by atoms with Gasteiger partial charge in [0.1, 0.15) is 0 Å². The first-order valence-electron chi connectivity index (χ1n) is 14.6. The van der Waals surface area contributed by atoms with Crippen LogP contribution in [0.4, 0.5) is 0 Å². The number of rotatable bonds is 4. The zero-order valence-electron chi connectivity index (χ0n) is 23.1. The molecule has 2 atom stereocenters. The molecule has 2 unspecified atom stereocenters. The molecule has 6 nitrogen and oxygen atoms in total. The van der Waals surface area contributed by atoms with Gasteiger partial charge in [-0.15, -0.1) is 0 Å². The lowest BCUT2D eigenvalue weighted by Crippen LogP contribution is -2.32. The molecule has 41 heavy (non-hydrogen) atoms. The Morgan fingerprint density at radius 3 is 2.27 bits per heavy atom. The topological polar surface area (TPSA) is 62.2 Å². The van der Waals surface area contributed by atoms with Crippen LogP contribution in [0.25, 0.3) is 38.4 Å². The maximum absolute atomic E-state index is 5.98. The van der Waals surface area contributed by atoms with E-state index in [9.17, 15) is 0 Å². The molecule has 1 aromatic heterocycles. The van der Waals surface area contributed by atoms with Crippen LogP contribution in [0.5, 0.6) is 0 Å². The monoisotopic (exact) mass is 540 g/mol. The van der Waals surface area contributed by atoms with Crippen molar-refractivity contribution in [3.05, 3.63) is 89.8 Å². The molecule has 0 N–H and O–H groups in total. The van der Waals surface area contributed by atoms with Crippen LogP contribution in [0.15, 0.2) is 89.2 Å². The van der Waals surface area contributed by atoms with Gasteiger partial charge in [-0.05, 0) is 63.4 Å². The largest absolute Gasteiger partial charge is 0.496 e. The van der Waals surface area contributed by atoms with Crippen molar-refractivity contribution in [2.75, 3.05) is 26.4 Å². The minimum absolute atomic E-state index is 0.114. The zero-order chi connectivity index (χ0) is 27.3. The van der Waals surface area contributed by atoms with Gasteiger partial charge in [-0.1, -0.05) is 67.6 Å². The molecule has 4 aromatic rings. The molecule has 2 saturated heterocycles. The summed E-state index contributed by atoms with van der Waals surface area (Å²) in [5.74, 6) is 0.353. The Labute approximate surface area is 240 Å². The van der Waals surface area contributed by atoms with Gasteiger partial charge in [0.05, 0.1) is 31.9 Å². The number of nitrogens with zero attached hydrogens (tertiary/aromatic N) is 2. The van der Waals surface area contributed by atoms with E-state index in [-0.39, 0.29) is 26.0 Å². The number of pyridine rings is 1. The summed E-state index contributed by atoms with van der Waals surface area (Å²) in [5, 5.41) is 3.55. The Balaban J connectivity index is 1.28. The quantitative estimate of drug-likeness (QED) is 0.304. The van der Waals surface area contributed by atoms with Crippen molar-refractivity contribution in [3.8, 4) is 11.1 Å². The highest BCUT2D eigenvalue weighted by Gasteiger charge is 2.43. The molecule has 4 aliphatic rings. The molecule has 0 bridgehead atoms. The van der Waals surface area contributed by atoms with Crippen molar-refractivity contribution in [1.82, 2.24) is 4.98 Å². The number of aliphatic imine (C=N–C) groups is 1. The summed E-state index contributed by atoms with van der Waals surface area (Å²) in [6.45, 7) is 4.76. The lowest BCUT2D eigenvalue weighted by Gasteiger charge is -2.34. The fourth-order valence-electron chi connectivity index (χ4n) is 6.99. The predicted octanol–water partition coefficient (Wildman–Crippen LogP) is 5.85. The lowest BCUT2D eigenvalue weighted by molar-refractivity contribution is 0.350. The highest BCUT2D eigenvalue weighted by atomic mass is 16.6. The second-order valence-corrected chi connectivity index (χ2v) is 11.2. The van der Waals surface area contributed by atoms with E-state index in [4.69, 9.17) is 28.6 Å². The molecule has 0 spiro atoms. The van der Waals surface area contributed by atoms with Crippen LogP contribution in [-0.2, 0) is 18.6 Å². The first-order chi connectivity index (χ1) is 20.3. The summed E-state index contributed by atoms with van der Waals surface area (Å²) in [6, 6.07) is 21.8. The summed E-state index contributed by atoms with van der Waals surface area (Å²) >= 11 is 0. The van der Waals surface area contributed by atoms with E-state index in [1.165, 1.54) is 33.0 Å². The predicted molar refractivity (Wildman–Crippen MR) is 165 cm³/mol. The van der Waals surface area contributed by atoms with Crippen molar-refractivity contribution in [2.45, 2.75) is 25.6 Å². The van der Waals surface area contributed by atoms with Gasteiger partial charge in [-0.2, -0.15) is 0 Å². The van der Waals surface area contributed by atoms with Gasteiger partial charge in [-0.3, -0.25) is 9.98 Å². The molecule has 8 rings (SSSR count). The van der Waals surface area contributed by atoms with Crippen molar-refractivity contribution in [2.24, 2.45) is 10.9 Å². The molecule has 3 aliphatic heterocycles. The van der Waals surface area contributed by atoms with Gasteiger partial charge in [-0.25, -0.2) is 0 Å². The van der Waals surface area contributed by atoms with E-state index >= 15 is 0 Å². The van der Waals surface area contributed by atoms with Gasteiger partial charge in [0.2, 0.25) is 0 Å². The molecule has 4 heterocycles. The smallest absolute Gasteiger partial charge is 0.408 e. The Morgan fingerprint density at radius 2 is 1.44 bits per heavy atom. The first kappa shape index (κ1) is 25.2. The molecule has 8 heteroatoms. The normalized spacial score (nSPS) is 22.6. The Hall–Kier alpha value is -3.55.